The van der Waals surface area contributed by atoms with Gasteiger partial charge in [0.05, 0.1) is 0 Å². The lowest BCUT2D eigenvalue weighted by Gasteiger charge is -2.19. The van der Waals surface area contributed by atoms with Crippen LogP contribution in [-0.2, 0) is 0 Å². The molecule has 2 aromatic carbocycles. The van der Waals surface area contributed by atoms with Crippen LogP contribution in [0.5, 0.6) is 11.5 Å². The molecule has 1 heterocycles. The van der Waals surface area contributed by atoms with Crippen LogP contribution in [0.3, 0.4) is 0 Å². The third kappa shape index (κ3) is 2.18. The largest absolute Gasteiger partial charge is 0.456 e. The Morgan fingerprint density at radius 1 is 0.950 bits per heavy atom. The Bertz CT molecular complexity index is 784. The summed E-state index contributed by atoms with van der Waals surface area (Å²) in [7, 11) is 4.07. The Morgan fingerprint density at radius 2 is 1.75 bits per heavy atom. The van der Waals surface area contributed by atoms with Crippen molar-refractivity contribution >= 4 is 17.3 Å². The first-order valence-electron chi connectivity index (χ1n) is 6.83. The summed E-state index contributed by atoms with van der Waals surface area (Å²) in [6, 6.07) is 12.7. The lowest BCUT2D eigenvalue weighted by atomic mass is 10.1. The average Bonchev–Trinajstić information content (AvgIpc) is 2.43. The minimum Gasteiger partial charge on any atom is -0.456 e. The third-order valence-electron chi connectivity index (χ3n) is 3.64. The molecule has 20 heavy (non-hydrogen) atoms. The van der Waals surface area contributed by atoms with E-state index in [1.807, 2.05) is 14.1 Å². The molecule has 1 aliphatic rings. The van der Waals surface area contributed by atoms with Crippen molar-refractivity contribution in [2.75, 3.05) is 19.0 Å². The van der Waals surface area contributed by atoms with E-state index >= 15 is 0 Å². The predicted molar refractivity (Wildman–Crippen MR) is 84.9 cm³/mol. The Balaban J connectivity index is 2.16. The molecule has 3 rings (SSSR count). The molecule has 0 amide bonds. The first kappa shape index (κ1) is 12.8. The molecule has 0 fully saturated rings. The van der Waals surface area contributed by atoms with Crippen LogP contribution in [0.1, 0.15) is 19.4 Å². The Kier molecular flexibility index (Phi) is 3.01. The van der Waals surface area contributed by atoms with Gasteiger partial charge < -0.3 is 9.64 Å². The van der Waals surface area contributed by atoms with Crippen molar-refractivity contribution in [3.63, 3.8) is 0 Å². The molecule has 0 aromatic heterocycles. The molecule has 0 radical (unpaired) electrons. The van der Waals surface area contributed by atoms with Gasteiger partial charge in [0.1, 0.15) is 11.5 Å². The minimum atomic E-state index is 0.926. The zero-order valence-corrected chi connectivity index (χ0v) is 12.4. The maximum Gasteiger partial charge on any atom is 0.136 e. The summed E-state index contributed by atoms with van der Waals surface area (Å²) in [6.45, 7) is 4.23. The Morgan fingerprint density at radius 3 is 2.45 bits per heavy atom. The molecule has 2 aromatic rings. The van der Waals surface area contributed by atoms with Crippen molar-refractivity contribution < 1.29 is 4.74 Å². The van der Waals surface area contributed by atoms with Crippen molar-refractivity contribution in [1.29, 1.82) is 0 Å². The SMILES string of the molecule is CC(C)=c1ccc2c(c1)Oc1cc(N(C)C)ccc1C=2. The van der Waals surface area contributed by atoms with E-state index < -0.39 is 0 Å². The van der Waals surface area contributed by atoms with Crippen LogP contribution >= 0.6 is 0 Å². The molecule has 2 heteroatoms. The van der Waals surface area contributed by atoms with E-state index in [4.69, 9.17) is 4.74 Å². The van der Waals surface area contributed by atoms with E-state index in [1.165, 1.54) is 10.8 Å². The number of hydrogen-bond acceptors (Lipinski definition) is 2. The van der Waals surface area contributed by atoms with Crippen LogP contribution in [0.2, 0.25) is 0 Å². The highest BCUT2D eigenvalue weighted by atomic mass is 16.5. The summed E-state index contributed by atoms with van der Waals surface area (Å²) in [5.74, 6) is 1.86. The van der Waals surface area contributed by atoms with Gasteiger partial charge in [-0.15, -0.1) is 0 Å². The van der Waals surface area contributed by atoms with Crippen LogP contribution in [0.15, 0.2) is 36.4 Å². The first-order valence-corrected chi connectivity index (χ1v) is 6.83. The van der Waals surface area contributed by atoms with E-state index in [-0.39, 0.29) is 0 Å². The number of fused-ring (bicyclic) bond motifs is 2. The summed E-state index contributed by atoms with van der Waals surface area (Å²) in [5, 5.41) is 2.37. The maximum absolute atomic E-state index is 6.09. The number of rotatable bonds is 1. The van der Waals surface area contributed by atoms with Gasteiger partial charge in [0.25, 0.3) is 0 Å². The summed E-state index contributed by atoms with van der Waals surface area (Å²) in [6.07, 6.45) is 2.18. The molecular formula is C18H19NO. The Hall–Kier alpha value is -2.22. The molecule has 0 spiro atoms. The molecule has 0 aliphatic carbocycles. The van der Waals surface area contributed by atoms with Crippen LogP contribution < -0.4 is 20.1 Å². The van der Waals surface area contributed by atoms with Crippen molar-refractivity contribution in [3.8, 4) is 11.5 Å². The van der Waals surface area contributed by atoms with Gasteiger partial charge in [0.2, 0.25) is 0 Å². The molecule has 0 saturated heterocycles. The lowest BCUT2D eigenvalue weighted by Crippen LogP contribution is -2.16. The summed E-state index contributed by atoms with van der Waals surface area (Å²) >= 11 is 0. The fourth-order valence-corrected chi connectivity index (χ4v) is 2.35. The van der Waals surface area contributed by atoms with Gasteiger partial charge in [-0.1, -0.05) is 17.7 Å². The molecule has 0 unspecified atom stereocenters. The second-order valence-electron chi connectivity index (χ2n) is 5.62. The predicted octanol–water partition coefficient (Wildman–Crippen LogP) is 2.88. The van der Waals surface area contributed by atoms with E-state index in [2.05, 4.69) is 61.2 Å². The highest BCUT2D eigenvalue weighted by molar-refractivity contribution is 5.67. The van der Waals surface area contributed by atoms with Crippen LogP contribution in [0.4, 0.5) is 5.69 Å². The number of hydrogen-bond donors (Lipinski definition) is 0. The smallest absolute Gasteiger partial charge is 0.136 e. The van der Waals surface area contributed by atoms with Gasteiger partial charge >= 0.3 is 0 Å². The van der Waals surface area contributed by atoms with Gasteiger partial charge in [0.15, 0.2) is 0 Å². The number of benzene rings is 2. The lowest BCUT2D eigenvalue weighted by molar-refractivity contribution is 0.473. The van der Waals surface area contributed by atoms with Gasteiger partial charge in [-0.05, 0) is 43.3 Å². The normalized spacial score (nSPS) is 11.8. The third-order valence-corrected chi connectivity index (χ3v) is 3.64. The second kappa shape index (κ2) is 4.71. The molecule has 0 saturated carbocycles. The van der Waals surface area contributed by atoms with Crippen molar-refractivity contribution in [3.05, 3.63) is 52.4 Å². The zero-order valence-electron chi connectivity index (χ0n) is 12.4. The highest BCUT2D eigenvalue weighted by Gasteiger charge is 2.11. The summed E-state index contributed by atoms with van der Waals surface area (Å²) in [4.78, 5) is 2.08. The van der Waals surface area contributed by atoms with E-state index in [1.54, 1.807) is 0 Å². The van der Waals surface area contributed by atoms with E-state index in [0.29, 0.717) is 0 Å². The van der Waals surface area contributed by atoms with Crippen LogP contribution in [0, 0.1) is 0 Å². The monoisotopic (exact) mass is 265 g/mol. The van der Waals surface area contributed by atoms with Gasteiger partial charge in [-0.3, -0.25) is 0 Å². The fraction of sp³-hybridized carbons (Fsp3) is 0.222. The van der Waals surface area contributed by atoms with Gasteiger partial charge in [0, 0.05) is 36.6 Å². The average molecular weight is 265 g/mol. The molecular weight excluding hydrogens is 246 g/mol. The van der Waals surface area contributed by atoms with Crippen LogP contribution in [0.25, 0.3) is 11.6 Å². The van der Waals surface area contributed by atoms with Crippen LogP contribution in [-0.4, -0.2) is 14.1 Å². The quantitative estimate of drug-likeness (QED) is 0.671. The first-order chi connectivity index (χ1) is 9.54. The van der Waals surface area contributed by atoms with Gasteiger partial charge in [-0.25, -0.2) is 0 Å². The molecule has 0 bridgehead atoms. The van der Waals surface area contributed by atoms with E-state index in [0.717, 1.165) is 28.0 Å². The number of nitrogens with zero attached hydrogens (tertiary/aromatic N) is 1. The minimum absolute atomic E-state index is 0.926. The van der Waals surface area contributed by atoms with Gasteiger partial charge in [-0.2, -0.15) is 0 Å². The Labute approximate surface area is 119 Å². The molecule has 0 N–H and O–H groups in total. The molecule has 1 aliphatic heterocycles. The summed E-state index contributed by atoms with van der Waals surface area (Å²) < 4.78 is 6.09. The number of ether oxygens (including phenoxy) is 1. The fourth-order valence-electron chi connectivity index (χ4n) is 2.35. The van der Waals surface area contributed by atoms with Crippen molar-refractivity contribution in [1.82, 2.24) is 0 Å². The van der Waals surface area contributed by atoms with Crippen molar-refractivity contribution in [2.45, 2.75) is 13.8 Å². The zero-order chi connectivity index (χ0) is 14.3. The summed E-state index contributed by atoms with van der Waals surface area (Å²) in [5.41, 5.74) is 3.58. The number of anilines is 1. The highest BCUT2D eigenvalue weighted by Crippen LogP contribution is 2.31. The van der Waals surface area contributed by atoms with E-state index in [9.17, 15) is 0 Å². The standard InChI is InChI=1S/C18H19NO/c1-12(2)13-5-6-14-9-15-7-8-16(19(3)4)11-18(15)20-17(14)10-13/h5-11H,1-4H3. The van der Waals surface area contributed by atoms with Crippen molar-refractivity contribution in [2.24, 2.45) is 0 Å². The second-order valence-corrected chi connectivity index (χ2v) is 5.62. The molecule has 0 atom stereocenters. The maximum atomic E-state index is 6.09. The molecule has 102 valence electrons. The molecule has 2 nitrogen and oxygen atoms in total. The topological polar surface area (TPSA) is 12.5 Å².